The fourth-order valence-electron chi connectivity index (χ4n) is 1.64. The second-order valence-corrected chi connectivity index (χ2v) is 6.26. The number of nitriles is 1. The number of sulfonamides is 1. The number of nitrogens with zero attached hydrogens (tertiary/aromatic N) is 1. The normalized spacial score (nSPS) is 10.8. The molecule has 0 amide bonds. The average Bonchev–Trinajstić information content (AvgIpc) is 2.41. The maximum Gasteiger partial charge on any atom is 0.261 e. The molecule has 0 saturated carbocycles. The van der Waals surface area contributed by atoms with E-state index in [-0.39, 0.29) is 15.5 Å². The Morgan fingerprint density at radius 2 is 1.90 bits per heavy atom. The largest absolute Gasteiger partial charge is 0.279 e. The maximum atomic E-state index is 12.3. The zero-order valence-corrected chi connectivity index (χ0v) is 12.2. The van der Waals surface area contributed by atoms with Crippen molar-refractivity contribution in [2.75, 3.05) is 4.72 Å². The van der Waals surface area contributed by atoms with Crippen LogP contribution in [-0.2, 0) is 10.0 Å². The summed E-state index contributed by atoms with van der Waals surface area (Å²) in [5.74, 6) is 0. The van der Waals surface area contributed by atoms with Crippen LogP contribution in [-0.4, -0.2) is 8.42 Å². The molecule has 20 heavy (non-hydrogen) atoms. The summed E-state index contributed by atoms with van der Waals surface area (Å²) in [5.41, 5.74) is 1.56. The quantitative estimate of drug-likeness (QED) is 0.945. The smallest absolute Gasteiger partial charge is 0.261 e. The van der Waals surface area contributed by atoms with Crippen molar-refractivity contribution in [3.05, 3.63) is 58.6 Å². The van der Waals surface area contributed by atoms with Gasteiger partial charge < -0.3 is 0 Å². The van der Waals surface area contributed by atoms with Gasteiger partial charge in [-0.15, -0.1) is 0 Å². The molecule has 0 fully saturated rings. The van der Waals surface area contributed by atoms with E-state index in [0.29, 0.717) is 5.69 Å². The molecule has 0 aromatic heterocycles. The molecule has 2 aromatic rings. The lowest BCUT2D eigenvalue weighted by molar-refractivity contribution is 0.601. The summed E-state index contributed by atoms with van der Waals surface area (Å²) >= 11 is 5.86. The first-order valence-corrected chi connectivity index (χ1v) is 7.58. The van der Waals surface area contributed by atoms with E-state index in [1.807, 2.05) is 25.1 Å². The van der Waals surface area contributed by atoms with E-state index in [9.17, 15) is 8.42 Å². The van der Waals surface area contributed by atoms with Crippen LogP contribution in [0.4, 0.5) is 5.69 Å². The highest BCUT2D eigenvalue weighted by Crippen LogP contribution is 2.23. The summed E-state index contributed by atoms with van der Waals surface area (Å²) < 4.78 is 27.0. The Morgan fingerprint density at radius 3 is 2.50 bits per heavy atom. The van der Waals surface area contributed by atoms with Gasteiger partial charge in [0.2, 0.25) is 0 Å². The molecule has 2 rings (SSSR count). The van der Waals surface area contributed by atoms with Crippen LogP contribution < -0.4 is 4.72 Å². The van der Waals surface area contributed by atoms with Gasteiger partial charge in [0.05, 0.1) is 21.2 Å². The number of benzene rings is 2. The summed E-state index contributed by atoms with van der Waals surface area (Å²) in [5, 5.41) is 8.90. The van der Waals surface area contributed by atoms with Crippen molar-refractivity contribution in [3.63, 3.8) is 0 Å². The van der Waals surface area contributed by atoms with Crippen LogP contribution in [0.25, 0.3) is 0 Å². The van der Waals surface area contributed by atoms with E-state index < -0.39 is 10.0 Å². The Morgan fingerprint density at radius 1 is 1.20 bits per heavy atom. The molecule has 1 N–H and O–H groups in total. The monoisotopic (exact) mass is 306 g/mol. The van der Waals surface area contributed by atoms with E-state index in [1.54, 1.807) is 12.1 Å². The molecule has 0 aliphatic carbocycles. The first kappa shape index (κ1) is 14.4. The SMILES string of the molecule is Cc1ccccc1NS(=O)(=O)c1ccc(C#N)c(Cl)c1. The van der Waals surface area contributed by atoms with Crippen molar-refractivity contribution >= 4 is 27.3 Å². The molecule has 0 bridgehead atoms. The lowest BCUT2D eigenvalue weighted by atomic mass is 10.2. The fourth-order valence-corrected chi connectivity index (χ4v) is 3.09. The number of rotatable bonds is 3. The zero-order valence-electron chi connectivity index (χ0n) is 10.6. The molecular formula is C14H11ClN2O2S. The Kier molecular flexibility index (Phi) is 3.98. The van der Waals surface area contributed by atoms with Crippen molar-refractivity contribution < 1.29 is 8.42 Å². The minimum Gasteiger partial charge on any atom is -0.279 e. The number of hydrogen-bond donors (Lipinski definition) is 1. The summed E-state index contributed by atoms with van der Waals surface area (Å²) in [7, 11) is -3.73. The molecule has 0 atom stereocenters. The van der Waals surface area contributed by atoms with Gasteiger partial charge in [-0.1, -0.05) is 29.8 Å². The highest BCUT2D eigenvalue weighted by atomic mass is 35.5. The van der Waals surface area contributed by atoms with Gasteiger partial charge in [-0.25, -0.2) is 8.42 Å². The Bertz CT molecular complexity index is 795. The maximum absolute atomic E-state index is 12.3. The third kappa shape index (κ3) is 2.93. The van der Waals surface area contributed by atoms with Gasteiger partial charge in [-0.3, -0.25) is 4.72 Å². The van der Waals surface area contributed by atoms with Gasteiger partial charge in [-0.2, -0.15) is 5.26 Å². The molecule has 2 aromatic carbocycles. The molecule has 6 heteroatoms. The highest BCUT2D eigenvalue weighted by molar-refractivity contribution is 7.92. The minimum atomic E-state index is -3.73. The zero-order chi connectivity index (χ0) is 14.8. The lowest BCUT2D eigenvalue weighted by Gasteiger charge is -2.10. The molecule has 0 heterocycles. The van der Waals surface area contributed by atoms with E-state index in [2.05, 4.69) is 4.72 Å². The topological polar surface area (TPSA) is 70.0 Å². The van der Waals surface area contributed by atoms with E-state index >= 15 is 0 Å². The third-order valence-electron chi connectivity index (χ3n) is 2.76. The second kappa shape index (κ2) is 5.53. The standard InChI is InChI=1S/C14H11ClN2O2S/c1-10-4-2-3-5-14(10)17-20(18,19)12-7-6-11(9-16)13(15)8-12/h2-8,17H,1H3. The Balaban J connectivity index is 2.39. The average molecular weight is 307 g/mol. The molecule has 0 saturated heterocycles. The summed E-state index contributed by atoms with van der Waals surface area (Å²) in [4.78, 5) is 0.0183. The van der Waals surface area contributed by atoms with E-state index in [4.69, 9.17) is 16.9 Å². The minimum absolute atomic E-state index is 0.0183. The number of para-hydroxylation sites is 1. The summed E-state index contributed by atoms with van der Waals surface area (Å²) in [6.07, 6.45) is 0. The Hall–Kier alpha value is -2.03. The predicted molar refractivity (Wildman–Crippen MR) is 78.2 cm³/mol. The van der Waals surface area contributed by atoms with Crippen LogP contribution in [0.5, 0.6) is 0 Å². The highest BCUT2D eigenvalue weighted by Gasteiger charge is 2.16. The van der Waals surface area contributed by atoms with Gasteiger partial charge in [-0.05, 0) is 36.8 Å². The van der Waals surface area contributed by atoms with Gasteiger partial charge in [0.1, 0.15) is 6.07 Å². The van der Waals surface area contributed by atoms with Crippen LogP contribution in [0.1, 0.15) is 11.1 Å². The number of halogens is 1. The van der Waals surface area contributed by atoms with Crippen LogP contribution in [0.2, 0.25) is 5.02 Å². The molecule has 0 spiro atoms. The number of aryl methyl sites for hydroxylation is 1. The number of hydrogen-bond acceptors (Lipinski definition) is 3. The molecule has 102 valence electrons. The summed E-state index contributed by atoms with van der Waals surface area (Å²) in [6.45, 7) is 1.81. The van der Waals surface area contributed by atoms with Crippen LogP contribution in [0, 0.1) is 18.3 Å². The van der Waals surface area contributed by atoms with Crippen molar-refractivity contribution in [1.82, 2.24) is 0 Å². The molecule has 0 unspecified atom stereocenters. The Labute approximate surface area is 122 Å². The van der Waals surface area contributed by atoms with Crippen LogP contribution in [0.3, 0.4) is 0 Å². The van der Waals surface area contributed by atoms with Gasteiger partial charge in [0.25, 0.3) is 10.0 Å². The molecule has 0 aliphatic heterocycles. The lowest BCUT2D eigenvalue weighted by Crippen LogP contribution is -2.13. The van der Waals surface area contributed by atoms with E-state index in [0.717, 1.165) is 5.56 Å². The van der Waals surface area contributed by atoms with Crippen molar-refractivity contribution in [2.45, 2.75) is 11.8 Å². The van der Waals surface area contributed by atoms with Crippen LogP contribution >= 0.6 is 11.6 Å². The third-order valence-corrected chi connectivity index (χ3v) is 4.44. The van der Waals surface area contributed by atoms with Gasteiger partial charge in [0, 0.05) is 0 Å². The van der Waals surface area contributed by atoms with E-state index in [1.165, 1.54) is 18.2 Å². The molecule has 0 aliphatic rings. The first-order chi connectivity index (χ1) is 9.44. The molecule has 4 nitrogen and oxygen atoms in total. The number of anilines is 1. The van der Waals surface area contributed by atoms with Gasteiger partial charge >= 0.3 is 0 Å². The second-order valence-electron chi connectivity index (χ2n) is 4.17. The fraction of sp³-hybridized carbons (Fsp3) is 0.0714. The molecule has 0 radical (unpaired) electrons. The number of nitrogens with one attached hydrogen (secondary N) is 1. The first-order valence-electron chi connectivity index (χ1n) is 5.72. The molecular weight excluding hydrogens is 296 g/mol. The van der Waals surface area contributed by atoms with Gasteiger partial charge in [0.15, 0.2) is 0 Å². The van der Waals surface area contributed by atoms with Crippen molar-refractivity contribution in [2.24, 2.45) is 0 Å². The van der Waals surface area contributed by atoms with Crippen LogP contribution in [0.15, 0.2) is 47.4 Å². The van der Waals surface area contributed by atoms with Crippen molar-refractivity contribution in [3.8, 4) is 6.07 Å². The predicted octanol–water partition coefficient (Wildman–Crippen LogP) is 3.32. The summed E-state index contributed by atoms with van der Waals surface area (Å²) in [6, 6.07) is 12.9. The van der Waals surface area contributed by atoms with Crippen molar-refractivity contribution in [1.29, 1.82) is 5.26 Å².